The molecule has 0 saturated carbocycles. The SMILES string of the molecule is CC1CCN(CC(=O)N2CCC[C@H](c3ccc(C(=O)O)cc3)C2)CC1. The molecule has 5 nitrogen and oxygen atoms in total. The fourth-order valence-electron chi connectivity index (χ4n) is 3.89. The van der Waals surface area contributed by atoms with Gasteiger partial charge in [-0.1, -0.05) is 19.1 Å². The fraction of sp³-hybridized carbons (Fsp3) is 0.600. The molecular formula is C20H28N2O3. The topological polar surface area (TPSA) is 60.9 Å². The highest BCUT2D eigenvalue weighted by atomic mass is 16.4. The number of rotatable bonds is 4. The highest BCUT2D eigenvalue weighted by molar-refractivity contribution is 5.87. The summed E-state index contributed by atoms with van der Waals surface area (Å²) >= 11 is 0. The van der Waals surface area contributed by atoms with Crippen LogP contribution < -0.4 is 0 Å². The smallest absolute Gasteiger partial charge is 0.335 e. The molecule has 1 N–H and O–H groups in total. The number of hydrogen-bond acceptors (Lipinski definition) is 3. The van der Waals surface area contributed by atoms with Gasteiger partial charge >= 0.3 is 5.97 Å². The van der Waals surface area contributed by atoms with Crippen LogP contribution in [-0.2, 0) is 4.79 Å². The molecule has 1 atom stereocenters. The number of amides is 1. The van der Waals surface area contributed by atoms with Crippen molar-refractivity contribution in [3.8, 4) is 0 Å². The molecule has 0 aromatic heterocycles. The third-order valence-corrected chi connectivity index (χ3v) is 5.64. The predicted molar refractivity (Wildman–Crippen MR) is 96.8 cm³/mol. The van der Waals surface area contributed by atoms with E-state index < -0.39 is 5.97 Å². The van der Waals surface area contributed by atoms with E-state index in [0.717, 1.165) is 50.5 Å². The molecule has 1 aromatic carbocycles. The molecule has 2 fully saturated rings. The number of benzene rings is 1. The molecule has 0 spiro atoms. The zero-order chi connectivity index (χ0) is 17.8. The lowest BCUT2D eigenvalue weighted by Gasteiger charge is -2.36. The lowest BCUT2D eigenvalue weighted by atomic mass is 9.90. The zero-order valence-corrected chi connectivity index (χ0v) is 15.0. The van der Waals surface area contributed by atoms with Gasteiger partial charge in [0.15, 0.2) is 0 Å². The summed E-state index contributed by atoms with van der Waals surface area (Å²) in [4.78, 5) is 27.9. The highest BCUT2D eigenvalue weighted by Crippen LogP contribution is 2.27. The monoisotopic (exact) mass is 344 g/mol. The summed E-state index contributed by atoms with van der Waals surface area (Å²) in [6.45, 7) is 6.46. The molecule has 3 rings (SSSR count). The largest absolute Gasteiger partial charge is 0.478 e. The number of nitrogens with zero attached hydrogens (tertiary/aromatic N) is 2. The molecule has 25 heavy (non-hydrogen) atoms. The minimum absolute atomic E-state index is 0.237. The number of aromatic carboxylic acids is 1. The number of carbonyl (C=O) groups excluding carboxylic acids is 1. The second kappa shape index (κ2) is 8.00. The van der Waals surface area contributed by atoms with Crippen LogP contribution in [0.25, 0.3) is 0 Å². The predicted octanol–water partition coefficient (Wildman–Crippen LogP) is 2.82. The van der Waals surface area contributed by atoms with Crippen molar-refractivity contribution in [3.05, 3.63) is 35.4 Å². The van der Waals surface area contributed by atoms with Crippen LogP contribution >= 0.6 is 0 Å². The van der Waals surface area contributed by atoms with Crippen LogP contribution in [0.3, 0.4) is 0 Å². The highest BCUT2D eigenvalue weighted by Gasteiger charge is 2.27. The first-order valence-electron chi connectivity index (χ1n) is 9.36. The standard InChI is InChI=1S/C20H28N2O3/c1-15-8-11-21(12-9-15)14-19(23)22-10-2-3-18(13-22)16-4-6-17(7-5-16)20(24)25/h4-7,15,18H,2-3,8-14H2,1H3,(H,24,25)/t18-/m0/s1. The lowest BCUT2D eigenvalue weighted by Crippen LogP contribution is -2.46. The van der Waals surface area contributed by atoms with E-state index >= 15 is 0 Å². The van der Waals surface area contributed by atoms with Crippen molar-refractivity contribution in [1.82, 2.24) is 9.80 Å². The van der Waals surface area contributed by atoms with E-state index in [0.29, 0.717) is 18.0 Å². The molecule has 1 amide bonds. The molecule has 2 saturated heterocycles. The van der Waals surface area contributed by atoms with E-state index in [1.54, 1.807) is 12.1 Å². The molecule has 0 unspecified atom stereocenters. The first kappa shape index (κ1) is 17.9. The Morgan fingerprint density at radius 2 is 1.76 bits per heavy atom. The second-order valence-electron chi connectivity index (χ2n) is 7.56. The number of hydrogen-bond donors (Lipinski definition) is 1. The molecule has 2 aliphatic heterocycles. The quantitative estimate of drug-likeness (QED) is 0.912. The van der Waals surface area contributed by atoms with Crippen molar-refractivity contribution in [1.29, 1.82) is 0 Å². The first-order chi connectivity index (χ1) is 12.0. The van der Waals surface area contributed by atoms with Crippen molar-refractivity contribution in [3.63, 3.8) is 0 Å². The molecule has 2 heterocycles. The van der Waals surface area contributed by atoms with Crippen LogP contribution in [-0.4, -0.2) is 59.5 Å². The average Bonchev–Trinajstić information content (AvgIpc) is 2.64. The van der Waals surface area contributed by atoms with Gasteiger partial charge in [0, 0.05) is 19.0 Å². The summed E-state index contributed by atoms with van der Waals surface area (Å²) in [5.74, 6) is 0.422. The van der Waals surface area contributed by atoms with Crippen LogP contribution in [0.5, 0.6) is 0 Å². The fourth-order valence-corrected chi connectivity index (χ4v) is 3.89. The number of piperidine rings is 2. The molecule has 0 bridgehead atoms. The summed E-state index contributed by atoms with van der Waals surface area (Å²) in [6, 6.07) is 7.11. The summed E-state index contributed by atoms with van der Waals surface area (Å²) in [5, 5.41) is 9.02. The molecule has 136 valence electrons. The lowest BCUT2D eigenvalue weighted by molar-refractivity contribution is -0.134. The van der Waals surface area contributed by atoms with Gasteiger partial charge in [-0.3, -0.25) is 9.69 Å². The van der Waals surface area contributed by atoms with Gasteiger partial charge in [0.1, 0.15) is 0 Å². The number of carbonyl (C=O) groups is 2. The van der Waals surface area contributed by atoms with E-state index in [4.69, 9.17) is 5.11 Å². The molecule has 1 aromatic rings. The first-order valence-corrected chi connectivity index (χ1v) is 9.36. The molecule has 0 radical (unpaired) electrons. The Hall–Kier alpha value is -1.88. The van der Waals surface area contributed by atoms with E-state index in [-0.39, 0.29) is 5.91 Å². The Morgan fingerprint density at radius 1 is 1.08 bits per heavy atom. The van der Waals surface area contributed by atoms with Crippen molar-refractivity contribution < 1.29 is 14.7 Å². The number of likely N-dealkylation sites (tertiary alicyclic amines) is 2. The summed E-state index contributed by atoms with van der Waals surface area (Å²) in [5.41, 5.74) is 1.45. The number of carboxylic acid groups (broad SMARTS) is 1. The minimum atomic E-state index is -0.900. The summed E-state index contributed by atoms with van der Waals surface area (Å²) in [7, 11) is 0. The summed E-state index contributed by atoms with van der Waals surface area (Å²) < 4.78 is 0. The Labute approximate surface area is 149 Å². The van der Waals surface area contributed by atoms with Gasteiger partial charge in [-0.2, -0.15) is 0 Å². The van der Waals surface area contributed by atoms with Gasteiger partial charge in [-0.05, 0) is 62.4 Å². The molecular weight excluding hydrogens is 316 g/mol. The maximum Gasteiger partial charge on any atom is 0.335 e. The van der Waals surface area contributed by atoms with Crippen molar-refractivity contribution in [2.45, 2.75) is 38.5 Å². The van der Waals surface area contributed by atoms with Gasteiger partial charge in [0.25, 0.3) is 0 Å². The van der Waals surface area contributed by atoms with Crippen LogP contribution in [0.2, 0.25) is 0 Å². The van der Waals surface area contributed by atoms with Crippen molar-refractivity contribution >= 4 is 11.9 Å². The van der Waals surface area contributed by atoms with Crippen LogP contribution in [0, 0.1) is 5.92 Å². The van der Waals surface area contributed by atoms with E-state index in [1.807, 2.05) is 17.0 Å². The Morgan fingerprint density at radius 3 is 2.40 bits per heavy atom. The third kappa shape index (κ3) is 4.60. The second-order valence-corrected chi connectivity index (χ2v) is 7.56. The summed E-state index contributed by atoms with van der Waals surface area (Å²) in [6.07, 6.45) is 4.43. The van der Waals surface area contributed by atoms with E-state index in [2.05, 4.69) is 11.8 Å². The molecule has 0 aliphatic carbocycles. The van der Waals surface area contributed by atoms with Crippen molar-refractivity contribution in [2.75, 3.05) is 32.7 Å². The number of carboxylic acids is 1. The minimum Gasteiger partial charge on any atom is -0.478 e. The van der Waals surface area contributed by atoms with Gasteiger partial charge in [0.05, 0.1) is 12.1 Å². The normalized spacial score (nSPS) is 22.8. The third-order valence-electron chi connectivity index (χ3n) is 5.64. The van der Waals surface area contributed by atoms with Gasteiger partial charge in [-0.15, -0.1) is 0 Å². The molecule has 2 aliphatic rings. The Kier molecular flexibility index (Phi) is 5.74. The zero-order valence-electron chi connectivity index (χ0n) is 15.0. The van der Waals surface area contributed by atoms with E-state index in [9.17, 15) is 9.59 Å². The van der Waals surface area contributed by atoms with Crippen LogP contribution in [0.1, 0.15) is 54.4 Å². The van der Waals surface area contributed by atoms with Crippen LogP contribution in [0.4, 0.5) is 0 Å². The average molecular weight is 344 g/mol. The Bertz CT molecular complexity index is 606. The van der Waals surface area contributed by atoms with Gasteiger partial charge in [0.2, 0.25) is 5.91 Å². The van der Waals surface area contributed by atoms with E-state index in [1.165, 1.54) is 12.8 Å². The van der Waals surface area contributed by atoms with Gasteiger partial charge in [-0.25, -0.2) is 4.79 Å². The maximum absolute atomic E-state index is 12.7. The van der Waals surface area contributed by atoms with Gasteiger partial charge < -0.3 is 10.0 Å². The van der Waals surface area contributed by atoms with Crippen molar-refractivity contribution in [2.24, 2.45) is 5.92 Å². The maximum atomic E-state index is 12.7. The van der Waals surface area contributed by atoms with Crippen LogP contribution in [0.15, 0.2) is 24.3 Å². The Balaban J connectivity index is 1.56. The molecule has 5 heteroatoms.